The van der Waals surface area contributed by atoms with Crippen LogP contribution in [-0.4, -0.2) is 50.8 Å². The number of hydrogen-bond donors (Lipinski definition) is 0. The Hall–Kier alpha value is -2.21. The monoisotopic (exact) mass is 382 g/mol. The van der Waals surface area contributed by atoms with Crippen LogP contribution in [0.25, 0.3) is 5.65 Å². The van der Waals surface area contributed by atoms with Crippen LogP contribution >= 0.6 is 0 Å². The van der Waals surface area contributed by atoms with Crippen LogP contribution in [0, 0.1) is 18.8 Å². The number of nitrogens with zero attached hydrogens (tertiary/aromatic N) is 4. The average molecular weight is 383 g/mol. The second-order valence-electron chi connectivity index (χ2n) is 8.80. The lowest BCUT2D eigenvalue weighted by Gasteiger charge is -2.34. The maximum atomic E-state index is 12.8. The van der Waals surface area contributed by atoms with Crippen molar-refractivity contribution in [2.24, 2.45) is 11.8 Å². The highest BCUT2D eigenvalue weighted by molar-refractivity contribution is 5.77. The fourth-order valence-electron chi connectivity index (χ4n) is 4.13. The predicted octanol–water partition coefficient (Wildman–Crippen LogP) is 2.47. The molecule has 0 aromatic carbocycles. The first-order chi connectivity index (χ1) is 13.4. The summed E-state index contributed by atoms with van der Waals surface area (Å²) in [6.45, 7) is 9.47. The molecule has 2 aromatic heterocycles. The first-order valence-electron chi connectivity index (χ1n) is 10.4. The fourth-order valence-corrected chi connectivity index (χ4v) is 4.13. The normalized spacial score (nSPS) is 21.5. The van der Waals surface area contributed by atoms with Gasteiger partial charge < -0.3 is 4.90 Å². The summed E-state index contributed by atoms with van der Waals surface area (Å²) >= 11 is 0. The van der Waals surface area contributed by atoms with Gasteiger partial charge in [0.2, 0.25) is 5.91 Å². The lowest BCUT2D eigenvalue weighted by Crippen LogP contribution is -2.47. The van der Waals surface area contributed by atoms with Crippen LogP contribution in [0.3, 0.4) is 0 Å². The second kappa shape index (κ2) is 7.66. The Bertz CT molecular complexity index is 932. The molecule has 6 heteroatoms. The summed E-state index contributed by atoms with van der Waals surface area (Å²) in [5, 5.41) is 0. The smallest absolute Gasteiger partial charge is 0.258 e. The standard InChI is InChI=1S/C22H30N4O2/c1-15(2)19-14-24(8-7-21(27)26(19)12-17-4-5-17)13-18-11-22(28)25-9-6-16(3)10-20(25)23-18/h6,9-11,15,17,19H,4-5,7-8,12-14H2,1-3H3/t19-/m1/s1. The Balaban J connectivity index is 1.56. The fraction of sp³-hybridized carbons (Fsp3) is 0.591. The lowest BCUT2D eigenvalue weighted by atomic mass is 10.0. The number of pyridine rings is 1. The molecule has 6 nitrogen and oxygen atoms in total. The Labute approximate surface area is 166 Å². The number of carbonyl (C=O) groups is 1. The summed E-state index contributed by atoms with van der Waals surface area (Å²) in [4.78, 5) is 34.4. The Morgan fingerprint density at radius 2 is 2.00 bits per heavy atom. The van der Waals surface area contributed by atoms with Gasteiger partial charge in [-0.1, -0.05) is 13.8 Å². The molecule has 3 heterocycles. The minimum Gasteiger partial charge on any atom is -0.338 e. The Morgan fingerprint density at radius 3 is 2.71 bits per heavy atom. The molecule has 1 saturated heterocycles. The highest BCUT2D eigenvalue weighted by Gasteiger charge is 2.35. The molecule has 0 N–H and O–H groups in total. The van der Waals surface area contributed by atoms with E-state index in [1.807, 2.05) is 19.1 Å². The van der Waals surface area contributed by atoms with Crippen LogP contribution in [0.1, 0.15) is 44.4 Å². The van der Waals surface area contributed by atoms with Gasteiger partial charge in [-0.3, -0.25) is 18.9 Å². The molecule has 2 aromatic rings. The number of rotatable bonds is 5. The molecule has 150 valence electrons. The van der Waals surface area contributed by atoms with Crippen LogP contribution in [0.2, 0.25) is 0 Å². The largest absolute Gasteiger partial charge is 0.338 e. The van der Waals surface area contributed by atoms with Gasteiger partial charge in [-0.25, -0.2) is 4.98 Å². The van der Waals surface area contributed by atoms with E-state index < -0.39 is 0 Å². The van der Waals surface area contributed by atoms with E-state index in [4.69, 9.17) is 4.98 Å². The molecule has 1 saturated carbocycles. The summed E-state index contributed by atoms with van der Waals surface area (Å²) in [6, 6.07) is 5.70. The quantitative estimate of drug-likeness (QED) is 0.797. The van der Waals surface area contributed by atoms with Crippen molar-refractivity contribution in [3.63, 3.8) is 0 Å². The van der Waals surface area contributed by atoms with Crippen molar-refractivity contribution in [1.82, 2.24) is 19.2 Å². The van der Waals surface area contributed by atoms with Gasteiger partial charge in [0.05, 0.1) is 5.69 Å². The van der Waals surface area contributed by atoms with Gasteiger partial charge in [0.15, 0.2) is 0 Å². The van der Waals surface area contributed by atoms with E-state index >= 15 is 0 Å². The van der Waals surface area contributed by atoms with Crippen molar-refractivity contribution in [2.75, 3.05) is 19.6 Å². The number of amides is 1. The van der Waals surface area contributed by atoms with Crippen LogP contribution in [-0.2, 0) is 11.3 Å². The molecule has 1 aliphatic heterocycles. The third kappa shape index (κ3) is 4.12. The summed E-state index contributed by atoms with van der Waals surface area (Å²) in [6.07, 6.45) is 4.83. The number of aryl methyl sites for hydroxylation is 1. The van der Waals surface area contributed by atoms with E-state index in [1.165, 1.54) is 12.8 Å². The Kier molecular flexibility index (Phi) is 5.23. The molecule has 0 unspecified atom stereocenters. The van der Waals surface area contributed by atoms with Gasteiger partial charge >= 0.3 is 0 Å². The van der Waals surface area contributed by atoms with Crippen molar-refractivity contribution in [3.8, 4) is 0 Å². The third-order valence-corrected chi connectivity index (χ3v) is 5.99. The van der Waals surface area contributed by atoms with Crippen molar-refractivity contribution in [3.05, 3.63) is 46.0 Å². The van der Waals surface area contributed by atoms with Crippen molar-refractivity contribution in [1.29, 1.82) is 0 Å². The Morgan fingerprint density at radius 1 is 1.21 bits per heavy atom. The number of fused-ring (bicyclic) bond motifs is 1. The van der Waals surface area contributed by atoms with Gasteiger partial charge in [-0.05, 0) is 49.3 Å². The molecule has 28 heavy (non-hydrogen) atoms. The van der Waals surface area contributed by atoms with Gasteiger partial charge in [0.1, 0.15) is 5.65 Å². The van der Waals surface area contributed by atoms with Crippen LogP contribution in [0.5, 0.6) is 0 Å². The predicted molar refractivity (Wildman–Crippen MR) is 109 cm³/mol. The van der Waals surface area contributed by atoms with Gasteiger partial charge in [0.25, 0.3) is 5.56 Å². The van der Waals surface area contributed by atoms with E-state index in [2.05, 4.69) is 23.6 Å². The first kappa shape index (κ1) is 19.1. The SMILES string of the molecule is Cc1ccn2c(=O)cc(CN3CCC(=O)N(CC4CC4)[C@@H](C(C)C)C3)nc2c1. The molecule has 1 amide bonds. The molecule has 1 aliphatic carbocycles. The van der Waals surface area contributed by atoms with Crippen LogP contribution < -0.4 is 5.56 Å². The van der Waals surface area contributed by atoms with E-state index in [0.29, 0.717) is 30.4 Å². The zero-order chi connectivity index (χ0) is 19.8. The molecule has 2 aliphatic rings. The van der Waals surface area contributed by atoms with Crippen LogP contribution in [0.15, 0.2) is 29.2 Å². The first-order valence-corrected chi connectivity index (χ1v) is 10.4. The average Bonchev–Trinajstić information content (AvgIpc) is 3.46. The van der Waals surface area contributed by atoms with Gasteiger partial charge in [0, 0.05) is 50.9 Å². The van der Waals surface area contributed by atoms with E-state index in [1.54, 1.807) is 16.7 Å². The number of aromatic nitrogens is 2. The molecule has 0 bridgehead atoms. The van der Waals surface area contributed by atoms with Gasteiger partial charge in [-0.2, -0.15) is 0 Å². The summed E-state index contributed by atoms with van der Waals surface area (Å²) in [5.74, 6) is 1.37. The van der Waals surface area contributed by atoms with Crippen LogP contribution in [0.4, 0.5) is 0 Å². The molecule has 0 spiro atoms. The van der Waals surface area contributed by atoms with Crippen molar-refractivity contribution >= 4 is 11.6 Å². The maximum absolute atomic E-state index is 12.8. The highest BCUT2D eigenvalue weighted by atomic mass is 16.2. The topological polar surface area (TPSA) is 57.9 Å². The zero-order valence-corrected chi connectivity index (χ0v) is 17.1. The molecule has 2 fully saturated rings. The molecule has 1 atom stereocenters. The maximum Gasteiger partial charge on any atom is 0.258 e. The molecular weight excluding hydrogens is 352 g/mol. The highest BCUT2D eigenvalue weighted by Crippen LogP contribution is 2.32. The minimum atomic E-state index is -0.0540. The van der Waals surface area contributed by atoms with Gasteiger partial charge in [-0.15, -0.1) is 0 Å². The molecule has 4 rings (SSSR count). The van der Waals surface area contributed by atoms with E-state index in [-0.39, 0.29) is 17.5 Å². The van der Waals surface area contributed by atoms with Crippen molar-refractivity contribution < 1.29 is 4.79 Å². The number of carbonyl (C=O) groups excluding carboxylic acids is 1. The van der Waals surface area contributed by atoms with Crippen molar-refractivity contribution in [2.45, 2.75) is 52.6 Å². The summed E-state index contributed by atoms with van der Waals surface area (Å²) in [5.41, 5.74) is 2.49. The number of hydrogen-bond acceptors (Lipinski definition) is 4. The minimum absolute atomic E-state index is 0.0540. The molecule has 0 radical (unpaired) electrons. The lowest BCUT2D eigenvalue weighted by molar-refractivity contribution is -0.133. The third-order valence-electron chi connectivity index (χ3n) is 5.99. The summed E-state index contributed by atoms with van der Waals surface area (Å²) in [7, 11) is 0. The molecular formula is C22H30N4O2. The van der Waals surface area contributed by atoms with E-state index in [9.17, 15) is 9.59 Å². The summed E-state index contributed by atoms with van der Waals surface area (Å²) < 4.78 is 1.58. The second-order valence-corrected chi connectivity index (χ2v) is 8.80. The zero-order valence-electron chi connectivity index (χ0n) is 17.1. The van der Waals surface area contributed by atoms with E-state index in [0.717, 1.165) is 30.9 Å².